The lowest BCUT2D eigenvalue weighted by Gasteiger charge is -2.07. The van der Waals surface area contributed by atoms with E-state index >= 15 is 0 Å². The summed E-state index contributed by atoms with van der Waals surface area (Å²) in [6.07, 6.45) is 0. The quantitative estimate of drug-likeness (QED) is 0.634. The monoisotopic (exact) mass is 388 g/mol. The van der Waals surface area contributed by atoms with E-state index in [1.807, 2.05) is 0 Å². The summed E-state index contributed by atoms with van der Waals surface area (Å²) in [5.74, 6) is -2.27. The normalized spacial score (nSPS) is 10.5. The number of rotatable bonds is 4. The minimum absolute atomic E-state index is 0.0710. The van der Waals surface area contributed by atoms with Crippen molar-refractivity contribution in [2.75, 3.05) is 14.2 Å². The van der Waals surface area contributed by atoms with E-state index < -0.39 is 17.8 Å². The van der Waals surface area contributed by atoms with Crippen LogP contribution < -0.4 is 0 Å². The van der Waals surface area contributed by atoms with Crippen LogP contribution in [0.3, 0.4) is 0 Å². The smallest absolute Gasteiger partial charge is 0.357 e. The summed E-state index contributed by atoms with van der Waals surface area (Å²) in [7, 11) is 2.36. The number of esters is 2. The van der Waals surface area contributed by atoms with Gasteiger partial charge < -0.3 is 9.47 Å². The zero-order valence-electron chi connectivity index (χ0n) is 14.4. The highest BCUT2D eigenvalue weighted by Crippen LogP contribution is 2.31. The van der Waals surface area contributed by atoms with Crippen LogP contribution >= 0.6 is 11.6 Å². The van der Waals surface area contributed by atoms with Crippen LogP contribution in [0.1, 0.15) is 20.8 Å². The predicted octanol–water partition coefficient (Wildman–Crippen LogP) is 3.91. The summed E-state index contributed by atoms with van der Waals surface area (Å²) in [5, 5.41) is 4.29. The molecule has 0 fully saturated rings. The fourth-order valence-electron chi connectivity index (χ4n) is 2.60. The van der Waals surface area contributed by atoms with Crippen LogP contribution in [0.4, 0.5) is 4.39 Å². The number of benzene rings is 2. The van der Waals surface area contributed by atoms with Crippen molar-refractivity contribution < 1.29 is 23.5 Å². The molecule has 138 valence electrons. The van der Waals surface area contributed by atoms with Crippen molar-refractivity contribution >= 4 is 23.5 Å². The van der Waals surface area contributed by atoms with Gasteiger partial charge in [0, 0.05) is 5.56 Å². The largest absolute Gasteiger partial charge is 0.465 e. The van der Waals surface area contributed by atoms with Crippen LogP contribution in [0.25, 0.3) is 16.9 Å². The molecule has 1 heterocycles. The molecule has 0 saturated carbocycles. The van der Waals surface area contributed by atoms with E-state index in [4.69, 9.17) is 21.1 Å². The van der Waals surface area contributed by atoms with Crippen LogP contribution in [0.15, 0.2) is 48.5 Å². The molecule has 3 rings (SSSR count). The van der Waals surface area contributed by atoms with Gasteiger partial charge >= 0.3 is 11.9 Å². The van der Waals surface area contributed by atoms with Gasteiger partial charge in [0.25, 0.3) is 0 Å². The Balaban J connectivity index is 2.36. The molecule has 0 bridgehead atoms. The van der Waals surface area contributed by atoms with E-state index in [9.17, 15) is 14.0 Å². The lowest BCUT2D eigenvalue weighted by molar-refractivity contribution is 0.0549. The van der Waals surface area contributed by atoms with Gasteiger partial charge in [0.15, 0.2) is 5.69 Å². The minimum Gasteiger partial charge on any atom is -0.465 e. The molecular weight excluding hydrogens is 375 g/mol. The number of aromatic nitrogens is 2. The van der Waals surface area contributed by atoms with Crippen molar-refractivity contribution in [3.05, 3.63) is 70.6 Å². The topological polar surface area (TPSA) is 70.4 Å². The summed E-state index contributed by atoms with van der Waals surface area (Å²) in [5.41, 5.74) is 0.596. The molecule has 1 aromatic heterocycles. The molecular formula is C19H14ClFN2O4. The fraction of sp³-hybridized carbons (Fsp3) is 0.105. The first kappa shape index (κ1) is 18.6. The van der Waals surface area contributed by atoms with Gasteiger partial charge in [0.1, 0.15) is 17.1 Å². The Kier molecular flexibility index (Phi) is 5.23. The maximum atomic E-state index is 14.0. The maximum absolute atomic E-state index is 14.0. The molecule has 0 atom stereocenters. The number of nitrogens with zero attached hydrogens (tertiary/aromatic N) is 2. The van der Waals surface area contributed by atoms with Crippen LogP contribution in [0.2, 0.25) is 5.02 Å². The van der Waals surface area contributed by atoms with Crippen LogP contribution in [-0.4, -0.2) is 35.9 Å². The highest BCUT2D eigenvalue weighted by molar-refractivity contribution is 6.30. The van der Waals surface area contributed by atoms with Crippen molar-refractivity contribution in [1.82, 2.24) is 9.78 Å². The lowest BCUT2D eigenvalue weighted by Crippen LogP contribution is -2.15. The number of hydrogen-bond acceptors (Lipinski definition) is 5. The third kappa shape index (κ3) is 3.41. The number of carbonyl (C=O) groups is 2. The SMILES string of the molecule is COC(=O)c1c(-c2ccc(Cl)c(F)c2)nn(-c2ccccc2)c1C(=O)OC. The molecule has 0 aliphatic heterocycles. The van der Waals surface area contributed by atoms with Gasteiger partial charge in [-0.15, -0.1) is 0 Å². The average Bonchev–Trinajstić information content (AvgIpc) is 3.10. The van der Waals surface area contributed by atoms with Gasteiger partial charge in [-0.05, 0) is 24.3 Å². The molecule has 0 unspecified atom stereocenters. The molecule has 0 aliphatic carbocycles. The summed E-state index contributed by atoms with van der Waals surface area (Å²) in [6, 6.07) is 12.7. The van der Waals surface area contributed by atoms with Crippen molar-refractivity contribution in [3.63, 3.8) is 0 Å². The number of hydrogen-bond donors (Lipinski definition) is 0. The van der Waals surface area contributed by atoms with Crippen molar-refractivity contribution in [3.8, 4) is 16.9 Å². The molecule has 0 N–H and O–H groups in total. The van der Waals surface area contributed by atoms with Gasteiger partial charge in [-0.1, -0.05) is 35.9 Å². The first-order chi connectivity index (χ1) is 13.0. The Morgan fingerprint density at radius 3 is 2.30 bits per heavy atom. The molecule has 3 aromatic rings. The fourth-order valence-corrected chi connectivity index (χ4v) is 2.72. The number of ether oxygens (including phenoxy) is 2. The van der Waals surface area contributed by atoms with E-state index in [0.717, 1.165) is 6.07 Å². The number of para-hydroxylation sites is 1. The third-order valence-electron chi connectivity index (χ3n) is 3.85. The molecule has 0 saturated heterocycles. The molecule has 8 heteroatoms. The highest BCUT2D eigenvalue weighted by atomic mass is 35.5. The lowest BCUT2D eigenvalue weighted by atomic mass is 10.1. The number of halogens is 2. The predicted molar refractivity (Wildman–Crippen MR) is 96.6 cm³/mol. The van der Waals surface area contributed by atoms with Crippen LogP contribution in [0.5, 0.6) is 0 Å². The summed E-state index contributed by atoms with van der Waals surface area (Å²) in [4.78, 5) is 24.9. The number of carbonyl (C=O) groups excluding carboxylic acids is 2. The average molecular weight is 389 g/mol. The Labute approximate surface area is 159 Å². The highest BCUT2D eigenvalue weighted by Gasteiger charge is 2.31. The second-order valence-corrected chi connectivity index (χ2v) is 5.84. The second kappa shape index (κ2) is 7.59. The maximum Gasteiger partial charge on any atom is 0.357 e. The summed E-state index contributed by atoms with van der Waals surface area (Å²) >= 11 is 5.74. The standard InChI is InChI=1S/C19H14ClFN2O4/c1-26-18(24)15-16(11-8-9-13(20)14(21)10-11)22-23(17(15)19(25)27-2)12-6-4-3-5-7-12/h3-10H,1-2H3. The first-order valence-corrected chi connectivity index (χ1v) is 8.16. The molecule has 27 heavy (non-hydrogen) atoms. The zero-order valence-corrected chi connectivity index (χ0v) is 15.2. The van der Waals surface area contributed by atoms with E-state index in [2.05, 4.69) is 5.10 Å². The molecule has 6 nitrogen and oxygen atoms in total. The van der Waals surface area contributed by atoms with E-state index in [-0.39, 0.29) is 27.5 Å². The van der Waals surface area contributed by atoms with Gasteiger partial charge in [-0.2, -0.15) is 5.10 Å². The van der Waals surface area contributed by atoms with Gasteiger partial charge in [0.05, 0.1) is 24.9 Å². The molecule has 0 radical (unpaired) electrons. The van der Waals surface area contributed by atoms with E-state index in [1.165, 1.54) is 31.0 Å². The second-order valence-electron chi connectivity index (χ2n) is 5.43. The van der Waals surface area contributed by atoms with E-state index in [1.54, 1.807) is 30.3 Å². The van der Waals surface area contributed by atoms with Crippen molar-refractivity contribution in [2.24, 2.45) is 0 Å². The third-order valence-corrected chi connectivity index (χ3v) is 4.15. The van der Waals surface area contributed by atoms with Gasteiger partial charge in [-0.25, -0.2) is 18.7 Å². The molecule has 0 amide bonds. The Morgan fingerprint density at radius 2 is 1.70 bits per heavy atom. The minimum atomic E-state index is -0.803. The Bertz CT molecular complexity index is 1020. The van der Waals surface area contributed by atoms with E-state index in [0.29, 0.717) is 5.69 Å². The van der Waals surface area contributed by atoms with Crippen molar-refractivity contribution in [1.29, 1.82) is 0 Å². The summed E-state index contributed by atoms with van der Waals surface area (Å²) < 4.78 is 24.9. The zero-order chi connectivity index (χ0) is 19.6. The number of methoxy groups -OCH3 is 2. The summed E-state index contributed by atoms with van der Waals surface area (Å²) in [6.45, 7) is 0. The Morgan fingerprint density at radius 1 is 1.04 bits per heavy atom. The Hall–Kier alpha value is -3.19. The van der Waals surface area contributed by atoms with Crippen LogP contribution in [-0.2, 0) is 9.47 Å². The first-order valence-electron chi connectivity index (χ1n) is 7.78. The molecule has 2 aromatic carbocycles. The van der Waals surface area contributed by atoms with Crippen LogP contribution in [0, 0.1) is 5.82 Å². The van der Waals surface area contributed by atoms with Gasteiger partial charge in [0.2, 0.25) is 0 Å². The molecule has 0 aliphatic rings. The molecule has 0 spiro atoms. The van der Waals surface area contributed by atoms with Gasteiger partial charge in [-0.3, -0.25) is 0 Å². The van der Waals surface area contributed by atoms with Crippen molar-refractivity contribution in [2.45, 2.75) is 0 Å².